The van der Waals surface area contributed by atoms with Crippen molar-refractivity contribution >= 4 is 23.2 Å². The molecule has 12 heteroatoms. The van der Waals surface area contributed by atoms with Crippen molar-refractivity contribution in [2.75, 3.05) is 10.3 Å². The van der Waals surface area contributed by atoms with Crippen molar-refractivity contribution < 1.29 is 18.0 Å². The van der Waals surface area contributed by atoms with Crippen LogP contribution in [0.3, 0.4) is 0 Å². The second kappa shape index (κ2) is 9.57. The molecule has 9 nitrogen and oxygen atoms in total. The number of nitrogens with one attached hydrogen (secondary N) is 1. The van der Waals surface area contributed by atoms with E-state index in [0.29, 0.717) is 17.3 Å². The average molecular weight is 504 g/mol. The normalized spacial score (nSPS) is 11.4. The van der Waals surface area contributed by atoms with Gasteiger partial charge in [0.1, 0.15) is 6.33 Å². The highest BCUT2D eigenvalue weighted by Crippen LogP contribution is 2.33. The van der Waals surface area contributed by atoms with Crippen molar-refractivity contribution in [2.24, 2.45) is 0 Å². The Morgan fingerprint density at radius 2 is 1.73 bits per heavy atom. The van der Waals surface area contributed by atoms with Gasteiger partial charge in [0.15, 0.2) is 0 Å². The molecule has 0 spiro atoms. The molecular weight excluding hydrogens is 485 g/mol. The molecule has 0 saturated carbocycles. The Morgan fingerprint density at radius 1 is 0.973 bits per heavy atom. The number of alkyl halides is 3. The molecule has 37 heavy (non-hydrogen) atoms. The molecule has 1 N–H and O–H groups in total. The van der Waals surface area contributed by atoms with Gasteiger partial charge in [0.05, 0.1) is 23.3 Å². The zero-order valence-corrected chi connectivity index (χ0v) is 19.3. The van der Waals surface area contributed by atoms with Crippen LogP contribution < -0.4 is 10.3 Å². The van der Waals surface area contributed by atoms with Gasteiger partial charge in [0, 0.05) is 47.9 Å². The summed E-state index contributed by atoms with van der Waals surface area (Å²) >= 11 is 0. The molecule has 5 aromatic rings. The Morgan fingerprint density at radius 3 is 2.35 bits per heavy atom. The second-order valence-electron chi connectivity index (χ2n) is 7.99. The topological polar surface area (TPSA) is 93.8 Å². The van der Waals surface area contributed by atoms with Gasteiger partial charge in [-0.3, -0.25) is 4.79 Å². The number of benzene rings is 2. The van der Waals surface area contributed by atoms with E-state index in [1.54, 1.807) is 84.3 Å². The summed E-state index contributed by atoms with van der Waals surface area (Å²) in [6.07, 6.45) is 6.51. The minimum atomic E-state index is -4.59. The zero-order valence-electron chi connectivity index (χ0n) is 19.3. The van der Waals surface area contributed by atoms with Crippen molar-refractivity contribution in [3.05, 3.63) is 109 Å². The number of imidazole rings is 2. The third kappa shape index (κ3) is 5.17. The van der Waals surface area contributed by atoms with E-state index in [1.165, 1.54) is 17.0 Å². The molecule has 0 aliphatic carbocycles. The molecular formula is C25H19F3N8O. The highest BCUT2D eigenvalue weighted by atomic mass is 19.4. The van der Waals surface area contributed by atoms with Gasteiger partial charge in [-0.25, -0.2) is 29.6 Å². The van der Waals surface area contributed by atoms with Gasteiger partial charge in [-0.05, 0) is 55.5 Å². The number of nitrogens with zero attached hydrogens (tertiary/aromatic N) is 7. The fraction of sp³-hybridized carbons (Fsp3) is 0.0800. The number of aromatic nitrogens is 6. The molecule has 0 atom stereocenters. The Balaban J connectivity index is 1.42. The van der Waals surface area contributed by atoms with Gasteiger partial charge >= 0.3 is 6.18 Å². The number of halogens is 3. The van der Waals surface area contributed by atoms with E-state index >= 15 is 0 Å². The van der Waals surface area contributed by atoms with E-state index in [-0.39, 0.29) is 16.9 Å². The SMILES string of the molecule is Cc1cn(-c2cc(NC(=O)c3ccc(N(c4ncccn4)n4ccnc4)cc3)cc(C(F)(F)F)c2)cn1. The average Bonchev–Trinajstić information content (AvgIpc) is 3.57. The first kappa shape index (κ1) is 23.7. The number of carbonyl (C=O) groups excluding carboxylic acids is 1. The Kier molecular flexibility index (Phi) is 6.14. The van der Waals surface area contributed by atoms with Crippen molar-refractivity contribution in [3.63, 3.8) is 0 Å². The Bertz CT molecular complexity index is 1510. The van der Waals surface area contributed by atoms with Gasteiger partial charge in [0.2, 0.25) is 5.95 Å². The highest BCUT2D eigenvalue weighted by Gasteiger charge is 2.31. The summed E-state index contributed by atoms with van der Waals surface area (Å²) in [4.78, 5) is 29.6. The molecule has 0 radical (unpaired) electrons. The van der Waals surface area contributed by atoms with Gasteiger partial charge in [0.25, 0.3) is 5.91 Å². The predicted molar refractivity (Wildman–Crippen MR) is 129 cm³/mol. The van der Waals surface area contributed by atoms with Gasteiger partial charge < -0.3 is 9.88 Å². The van der Waals surface area contributed by atoms with E-state index in [1.807, 2.05) is 0 Å². The third-order valence-electron chi connectivity index (χ3n) is 5.35. The minimum Gasteiger partial charge on any atom is -0.322 e. The number of amides is 1. The number of hydrogen-bond donors (Lipinski definition) is 1. The maximum atomic E-state index is 13.5. The molecule has 0 saturated heterocycles. The highest BCUT2D eigenvalue weighted by molar-refractivity contribution is 6.04. The van der Waals surface area contributed by atoms with Crippen LogP contribution in [0.4, 0.5) is 30.5 Å². The summed E-state index contributed by atoms with van der Waals surface area (Å²) in [6, 6.07) is 11.5. The van der Waals surface area contributed by atoms with E-state index in [2.05, 4.69) is 25.3 Å². The Labute approximate surface area is 208 Å². The van der Waals surface area contributed by atoms with Crippen molar-refractivity contribution in [1.29, 1.82) is 0 Å². The van der Waals surface area contributed by atoms with E-state index in [0.717, 1.165) is 12.1 Å². The molecule has 1 amide bonds. The first-order chi connectivity index (χ1) is 17.8. The maximum absolute atomic E-state index is 13.5. The minimum absolute atomic E-state index is 0.00276. The molecule has 0 aliphatic heterocycles. The molecule has 3 aromatic heterocycles. The first-order valence-electron chi connectivity index (χ1n) is 11.0. The van der Waals surface area contributed by atoms with E-state index < -0.39 is 17.6 Å². The molecule has 0 unspecified atom stereocenters. The lowest BCUT2D eigenvalue weighted by atomic mass is 10.1. The standard InChI is InChI=1S/C25H19F3N8O/c1-17-14-34(16-32-17)22-12-19(25(26,27)28)11-20(13-22)33-23(37)18-3-5-21(6-4-18)36(35-10-9-29-15-35)24-30-7-2-8-31-24/h2-16H,1H3,(H,33,37). The van der Waals surface area contributed by atoms with Gasteiger partial charge in [-0.1, -0.05) is 0 Å². The molecule has 186 valence electrons. The quantitative estimate of drug-likeness (QED) is 0.348. The van der Waals surface area contributed by atoms with Crippen molar-refractivity contribution in [2.45, 2.75) is 13.1 Å². The van der Waals surface area contributed by atoms with Crippen LogP contribution in [-0.2, 0) is 6.18 Å². The fourth-order valence-electron chi connectivity index (χ4n) is 3.64. The van der Waals surface area contributed by atoms with Crippen LogP contribution in [-0.4, -0.2) is 35.1 Å². The Hall–Kier alpha value is -5.00. The van der Waals surface area contributed by atoms with Crippen LogP contribution in [0.5, 0.6) is 0 Å². The molecule has 0 bridgehead atoms. The number of aryl methyl sites for hydroxylation is 1. The molecule has 2 aromatic carbocycles. The number of hydrogen-bond acceptors (Lipinski definition) is 6. The predicted octanol–water partition coefficient (Wildman–Crippen LogP) is 5.04. The summed E-state index contributed by atoms with van der Waals surface area (Å²) in [5.74, 6) is -0.187. The zero-order chi connectivity index (χ0) is 26.0. The third-order valence-corrected chi connectivity index (χ3v) is 5.35. The summed E-state index contributed by atoms with van der Waals surface area (Å²) in [5, 5.41) is 4.25. The smallest absolute Gasteiger partial charge is 0.322 e. The maximum Gasteiger partial charge on any atom is 0.416 e. The van der Waals surface area contributed by atoms with Crippen LogP contribution in [0.1, 0.15) is 21.6 Å². The number of rotatable bonds is 6. The lowest BCUT2D eigenvalue weighted by molar-refractivity contribution is -0.137. The van der Waals surface area contributed by atoms with Crippen LogP contribution >= 0.6 is 0 Å². The van der Waals surface area contributed by atoms with Crippen molar-refractivity contribution in [1.82, 2.24) is 29.2 Å². The lowest BCUT2D eigenvalue weighted by Gasteiger charge is -2.23. The summed E-state index contributed by atoms with van der Waals surface area (Å²) in [5.41, 5.74) is 0.871. The summed E-state index contributed by atoms with van der Waals surface area (Å²) in [7, 11) is 0. The van der Waals surface area contributed by atoms with Crippen LogP contribution in [0.15, 0.2) is 92.2 Å². The van der Waals surface area contributed by atoms with E-state index in [4.69, 9.17) is 0 Å². The van der Waals surface area contributed by atoms with Crippen LogP contribution in [0.2, 0.25) is 0 Å². The van der Waals surface area contributed by atoms with Crippen LogP contribution in [0.25, 0.3) is 5.69 Å². The monoisotopic (exact) mass is 504 g/mol. The summed E-state index contributed by atoms with van der Waals surface area (Å²) < 4.78 is 43.8. The number of anilines is 3. The largest absolute Gasteiger partial charge is 0.416 e. The number of carbonyl (C=O) groups is 1. The van der Waals surface area contributed by atoms with Gasteiger partial charge in [-0.15, -0.1) is 0 Å². The van der Waals surface area contributed by atoms with Crippen LogP contribution in [0, 0.1) is 6.92 Å². The first-order valence-corrected chi connectivity index (χ1v) is 11.0. The molecule has 5 rings (SSSR count). The summed E-state index contributed by atoms with van der Waals surface area (Å²) in [6.45, 7) is 1.73. The van der Waals surface area contributed by atoms with Gasteiger partial charge in [-0.2, -0.15) is 13.2 Å². The van der Waals surface area contributed by atoms with E-state index in [9.17, 15) is 18.0 Å². The lowest BCUT2D eigenvalue weighted by Crippen LogP contribution is -2.24. The van der Waals surface area contributed by atoms with Crippen molar-refractivity contribution in [3.8, 4) is 5.69 Å². The molecule has 0 aliphatic rings. The fourth-order valence-corrected chi connectivity index (χ4v) is 3.64. The molecule has 3 heterocycles. The molecule has 0 fully saturated rings. The second-order valence-corrected chi connectivity index (χ2v) is 7.99.